The summed E-state index contributed by atoms with van der Waals surface area (Å²) >= 11 is 0. The molecule has 0 aliphatic heterocycles. The van der Waals surface area contributed by atoms with Crippen LogP contribution in [0.4, 0.5) is 0 Å². The van der Waals surface area contributed by atoms with Crippen LogP contribution in [0.3, 0.4) is 0 Å². The molecule has 202 valence electrons. The minimum absolute atomic E-state index is 0. The van der Waals surface area contributed by atoms with E-state index in [2.05, 4.69) is 60.7 Å². The number of ether oxygens (including phenoxy) is 2. The van der Waals surface area contributed by atoms with Gasteiger partial charge in [-0.2, -0.15) is 0 Å². The van der Waals surface area contributed by atoms with Crippen LogP contribution in [0, 0.1) is 29.6 Å². The predicted octanol–water partition coefficient (Wildman–Crippen LogP) is 6.22. The fourth-order valence-electron chi connectivity index (χ4n) is 4.31. The molecular formula is C31H51N3O2. The summed E-state index contributed by atoms with van der Waals surface area (Å²) < 4.78 is 11.2. The summed E-state index contributed by atoms with van der Waals surface area (Å²) in [5.41, 5.74) is 6.83. The zero-order valence-electron chi connectivity index (χ0n) is 22.4. The zero-order valence-corrected chi connectivity index (χ0v) is 22.4. The lowest BCUT2D eigenvalue weighted by Gasteiger charge is -2.20. The molecule has 3 unspecified atom stereocenters. The van der Waals surface area contributed by atoms with Gasteiger partial charge in [0, 0.05) is 44.4 Å². The molecule has 0 aromatic carbocycles. The second-order valence-corrected chi connectivity index (χ2v) is 9.44. The van der Waals surface area contributed by atoms with Crippen molar-refractivity contribution in [2.24, 2.45) is 23.5 Å². The molecular weight excluding hydrogens is 446 g/mol. The van der Waals surface area contributed by atoms with Crippen molar-refractivity contribution in [3.8, 4) is 11.8 Å². The van der Waals surface area contributed by atoms with E-state index >= 15 is 0 Å². The van der Waals surface area contributed by atoms with Crippen LogP contribution in [0.15, 0.2) is 48.5 Å². The molecule has 0 spiro atoms. The third-order valence-corrected chi connectivity index (χ3v) is 6.53. The van der Waals surface area contributed by atoms with E-state index in [9.17, 15) is 0 Å². The van der Waals surface area contributed by atoms with E-state index in [0.29, 0.717) is 13.2 Å². The predicted molar refractivity (Wildman–Crippen MR) is 152 cm³/mol. The highest BCUT2D eigenvalue weighted by Crippen LogP contribution is 2.41. The van der Waals surface area contributed by atoms with Gasteiger partial charge in [-0.3, -0.25) is 9.88 Å². The van der Waals surface area contributed by atoms with Gasteiger partial charge >= 0.3 is 0 Å². The van der Waals surface area contributed by atoms with Gasteiger partial charge in [-0.15, -0.1) is 0 Å². The topological polar surface area (TPSA) is 60.6 Å². The van der Waals surface area contributed by atoms with Crippen LogP contribution in [0.25, 0.3) is 0 Å². The Morgan fingerprint density at radius 2 is 1.97 bits per heavy atom. The monoisotopic (exact) mass is 497 g/mol. The van der Waals surface area contributed by atoms with Gasteiger partial charge in [0.25, 0.3) is 0 Å². The first kappa shape index (κ1) is 31.9. The summed E-state index contributed by atoms with van der Waals surface area (Å²) in [6, 6.07) is 4.24. The first-order valence-electron chi connectivity index (χ1n) is 13.5. The maximum atomic E-state index is 5.65. The van der Waals surface area contributed by atoms with Crippen molar-refractivity contribution < 1.29 is 9.47 Å². The van der Waals surface area contributed by atoms with E-state index < -0.39 is 0 Å². The Labute approximate surface area is 221 Å². The van der Waals surface area contributed by atoms with Gasteiger partial charge in [-0.1, -0.05) is 45.6 Å². The highest BCUT2D eigenvalue weighted by Gasteiger charge is 2.35. The molecule has 5 heteroatoms. The number of rotatable bonds is 14. The van der Waals surface area contributed by atoms with Gasteiger partial charge < -0.3 is 15.2 Å². The number of aromatic nitrogens is 1. The van der Waals surface area contributed by atoms with E-state index in [4.69, 9.17) is 15.2 Å². The Morgan fingerprint density at radius 1 is 1.19 bits per heavy atom. The van der Waals surface area contributed by atoms with Crippen molar-refractivity contribution in [1.82, 2.24) is 9.88 Å². The van der Waals surface area contributed by atoms with Crippen LogP contribution in [0.5, 0.6) is 0 Å². The normalized spacial score (nSPS) is 23.3. The molecule has 1 fully saturated rings. The molecule has 0 amide bonds. The van der Waals surface area contributed by atoms with E-state index in [1.165, 1.54) is 24.9 Å². The molecule has 2 aliphatic carbocycles. The molecule has 0 saturated heterocycles. The Morgan fingerprint density at radius 3 is 2.61 bits per heavy atom. The summed E-state index contributed by atoms with van der Waals surface area (Å²) in [5.74, 6) is 9.54. The average Bonchev–Trinajstić information content (AvgIpc) is 3.61. The van der Waals surface area contributed by atoms with Crippen molar-refractivity contribution in [1.29, 1.82) is 0 Å². The molecule has 36 heavy (non-hydrogen) atoms. The molecule has 4 atom stereocenters. The zero-order chi connectivity index (χ0) is 25.3. The number of allylic oxidation sites excluding steroid dienone is 3. The molecule has 1 heterocycles. The van der Waals surface area contributed by atoms with Crippen molar-refractivity contribution in [2.75, 3.05) is 32.8 Å². The first-order valence-corrected chi connectivity index (χ1v) is 13.5. The van der Waals surface area contributed by atoms with Crippen molar-refractivity contribution >= 4 is 0 Å². The van der Waals surface area contributed by atoms with Crippen LogP contribution < -0.4 is 5.73 Å². The van der Waals surface area contributed by atoms with E-state index in [1.807, 2.05) is 31.5 Å². The number of nitrogens with zero attached hydrogens (tertiary/aromatic N) is 2. The van der Waals surface area contributed by atoms with Gasteiger partial charge in [-0.25, -0.2) is 0 Å². The van der Waals surface area contributed by atoms with Crippen molar-refractivity contribution in [3.05, 3.63) is 54.1 Å². The molecule has 1 saturated carbocycles. The van der Waals surface area contributed by atoms with Gasteiger partial charge in [0.1, 0.15) is 5.76 Å². The second-order valence-electron chi connectivity index (χ2n) is 9.44. The van der Waals surface area contributed by atoms with Crippen molar-refractivity contribution in [2.45, 2.75) is 79.9 Å². The number of nitrogens with two attached hydrogens (primary N) is 1. The Kier molecular flexibility index (Phi) is 16.9. The summed E-state index contributed by atoms with van der Waals surface area (Å²) in [4.78, 5) is 6.61. The lowest BCUT2D eigenvalue weighted by atomic mass is 10.0. The maximum absolute atomic E-state index is 5.65. The lowest BCUT2D eigenvalue weighted by Crippen LogP contribution is -2.25. The largest absolute Gasteiger partial charge is 0.494 e. The Bertz CT molecular complexity index is 812. The SMILES string of the molecule is C.CCC1CC1CN(CC)Cc1ccncc1.CCO[C@H](C)CC1C#CC/C=C(OCCCN)\C=C/1. The van der Waals surface area contributed by atoms with E-state index in [0.717, 1.165) is 56.6 Å². The molecule has 5 nitrogen and oxygen atoms in total. The summed E-state index contributed by atoms with van der Waals surface area (Å²) in [7, 11) is 0. The minimum atomic E-state index is 0. The lowest BCUT2D eigenvalue weighted by molar-refractivity contribution is 0.0664. The average molecular weight is 498 g/mol. The molecule has 0 radical (unpaired) electrons. The molecule has 3 rings (SSSR count). The molecule has 0 bridgehead atoms. The fourth-order valence-corrected chi connectivity index (χ4v) is 4.31. The van der Waals surface area contributed by atoms with Crippen LogP contribution in [0.2, 0.25) is 0 Å². The van der Waals surface area contributed by atoms with Gasteiger partial charge in [0.15, 0.2) is 0 Å². The van der Waals surface area contributed by atoms with Crippen LogP contribution in [-0.4, -0.2) is 48.8 Å². The highest BCUT2D eigenvalue weighted by molar-refractivity contribution is 5.23. The Hall–Kier alpha value is -2.13. The van der Waals surface area contributed by atoms with Crippen LogP contribution >= 0.6 is 0 Å². The quantitative estimate of drug-likeness (QED) is 0.244. The molecule has 2 aliphatic rings. The third kappa shape index (κ3) is 13.3. The molecule has 1 aromatic rings. The second kappa shape index (κ2) is 19.0. The third-order valence-electron chi connectivity index (χ3n) is 6.53. The first-order chi connectivity index (χ1) is 17.1. The number of pyridine rings is 1. The molecule has 1 aromatic heterocycles. The summed E-state index contributed by atoms with van der Waals surface area (Å²) in [6.07, 6.45) is 15.5. The highest BCUT2D eigenvalue weighted by atomic mass is 16.5. The van der Waals surface area contributed by atoms with Crippen LogP contribution in [-0.2, 0) is 16.0 Å². The van der Waals surface area contributed by atoms with Gasteiger partial charge in [0.05, 0.1) is 12.7 Å². The van der Waals surface area contributed by atoms with Gasteiger partial charge in [0.2, 0.25) is 0 Å². The van der Waals surface area contributed by atoms with Crippen molar-refractivity contribution in [3.63, 3.8) is 0 Å². The van der Waals surface area contributed by atoms with E-state index in [1.54, 1.807) is 0 Å². The maximum Gasteiger partial charge on any atom is 0.115 e. The minimum Gasteiger partial charge on any atom is -0.494 e. The summed E-state index contributed by atoms with van der Waals surface area (Å²) in [5, 5.41) is 0. The van der Waals surface area contributed by atoms with E-state index in [-0.39, 0.29) is 19.4 Å². The smallest absolute Gasteiger partial charge is 0.115 e. The standard InChI is InChI=1S/C16H25NO2.C14H22N2.CH4/c1-3-18-14(2)13-15-7-4-5-8-16(10-9-15)19-12-6-11-17;1-3-13-9-14(13)11-16(4-2)10-12-5-7-15-8-6-12;/h8-10,14-15H,3,5-6,11-13,17H2,1-2H3;5-8,13-14H,3-4,9-11H2,1-2H3;1H4/b10-9-,16-8+;;/t14-,15?;;/m1../s1. The molecule has 2 N–H and O–H groups in total. The van der Waals surface area contributed by atoms with Crippen LogP contribution in [0.1, 0.15) is 72.8 Å². The Balaban J connectivity index is 0.000000354. The summed E-state index contributed by atoms with van der Waals surface area (Å²) in [6.45, 7) is 14.2. The van der Waals surface area contributed by atoms with Gasteiger partial charge in [-0.05, 0) is 87.9 Å². The fraction of sp³-hybridized carbons (Fsp3) is 0.645. The number of hydrogen-bond donors (Lipinski definition) is 1. The number of hydrogen-bond acceptors (Lipinski definition) is 5.